The van der Waals surface area contributed by atoms with Crippen molar-refractivity contribution in [1.29, 1.82) is 0 Å². The van der Waals surface area contributed by atoms with Crippen LogP contribution in [-0.4, -0.2) is 14.1 Å². The molecule has 1 atom stereocenters. The van der Waals surface area contributed by atoms with Gasteiger partial charge in [-0.3, -0.25) is 0 Å². The van der Waals surface area contributed by atoms with Crippen molar-refractivity contribution in [3.8, 4) is 0 Å². The third kappa shape index (κ3) is 3.27. The van der Waals surface area contributed by atoms with Crippen molar-refractivity contribution >= 4 is 23.0 Å². The second-order valence-corrected chi connectivity index (χ2v) is 5.45. The number of halogens is 3. The molecule has 2 aromatic carbocycles. The quantitative estimate of drug-likeness (QED) is 0.867. The summed E-state index contributed by atoms with van der Waals surface area (Å²) < 4.78 is 27.2. The Balaban J connectivity index is 2.34. The lowest BCUT2D eigenvalue weighted by molar-refractivity contribution is 0.494. The predicted octanol–water partition coefficient (Wildman–Crippen LogP) is 4.86. The molecular formula is C16H17ClF2N2. The van der Waals surface area contributed by atoms with Crippen LogP contribution in [0.5, 0.6) is 0 Å². The number of anilines is 2. The second-order valence-electron chi connectivity index (χ2n) is 5.04. The van der Waals surface area contributed by atoms with Crippen LogP contribution >= 0.6 is 11.6 Å². The van der Waals surface area contributed by atoms with Gasteiger partial charge in [0, 0.05) is 19.7 Å². The maximum atomic E-state index is 13.8. The van der Waals surface area contributed by atoms with Gasteiger partial charge in [0.05, 0.1) is 22.4 Å². The zero-order valence-electron chi connectivity index (χ0n) is 12.1. The molecule has 2 aromatic rings. The van der Waals surface area contributed by atoms with E-state index in [0.29, 0.717) is 5.02 Å². The largest absolute Gasteiger partial charge is 0.377 e. The SMILES string of the molecule is CC(Nc1cccc(Cl)c1N(C)C)c1cccc(F)c1F. The molecule has 0 spiro atoms. The minimum atomic E-state index is -0.847. The molecule has 0 bridgehead atoms. The van der Waals surface area contributed by atoms with Gasteiger partial charge in [0.15, 0.2) is 11.6 Å². The third-order valence-corrected chi connectivity index (χ3v) is 3.56. The molecule has 0 aliphatic rings. The Morgan fingerprint density at radius 1 is 1.10 bits per heavy atom. The lowest BCUT2D eigenvalue weighted by Crippen LogP contribution is -2.15. The number of hydrogen-bond acceptors (Lipinski definition) is 2. The zero-order chi connectivity index (χ0) is 15.6. The average Bonchev–Trinajstić information content (AvgIpc) is 2.41. The molecule has 0 fully saturated rings. The maximum Gasteiger partial charge on any atom is 0.164 e. The summed E-state index contributed by atoms with van der Waals surface area (Å²) in [6.45, 7) is 1.78. The van der Waals surface area contributed by atoms with Crippen molar-refractivity contribution in [2.24, 2.45) is 0 Å². The van der Waals surface area contributed by atoms with Crippen molar-refractivity contribution in [1.82, 2.24) is 0 Å². The van der Waals surface area contributed by atoms with Crippen LogP contribution in [0, 0.1) is 11.6 Å². The van der Waals surface area contributed by atoms with Crippen LogP contribution < -0.4 is 10.2 Å². The molecule has 5 heteroatoms. The summed E-state index contributed by atoms with van der Waals surface area (Å²) in [5.41, 5.74) is 1.85. The molecule has 0 amide bonds. The fourth-order valence-electron chi connectivity index (χ4n) is 2.25. The minimum Gasteiger partial charge on any atom is -0.377 e. The smallest absolute Gasteiger partial charge is 0.164 e. The maximum absolute atomic E-state index is 13.8. The summed E-state index contributed by atoms with van der Waals surface area (Å²) in [5.74, 6) is -1.67. The van der Waals surface area contributed by atoms with Gasteiger partial charge < -0.3 is 10.2 Å². The average molecular weight is 311 g/mol. The van der Waals surface area contributed by atoms with E-state index in [2.05, 4.69) is 5.32 Å². The first-order chi connectivity index (χ1) is 9.91. The van der Waals surface area contributed by atoms with Gasteiger partial charge in [0.1, 0.15) is 0 Å². The van der Waals surface area contributed by atoms with Gasteiger partial charge in [-0.25, -0.2) is 8.78 Å². The first-order valence-corrected chi connectivity index (χ1v) is 6.96. The van der Waals surface area contributed by atoms with E-state index < -0.39 is 17.7 Å². The van der Waals surface area contributed by atoms with E-state index in [1.165, 1.54) is 6.07 Å². The monoisotopic (exact) mass is 310 g/mol. The lowest BCUT2D eigenvalue weighted by Gasteiger charge is -2.23. The number of hydrogen-bond donors (Lipinski definition) is 1. The molecule has 1 N–H and O–H groups in total. The van der Waals surface area contributed by atoms with Crippen LogP contribution in [0.4, 0.5) is 20.2 Å². The van der Waals surface area contributed by atoms with Gasteiger partial charge in [0.25, 0.3) is 0 Å². The Kier molecular flexibility index (Phi) is 4.68. The fourth-order valence-corrected chi connectivity index (χ4v) is 2.60. The van der Waals surface area contributed by atoms with Crippen molar-refractivity contribution < 1.29 is 8.78 Å². The molecule has 21 heavy (non-hydrogen) atoms. The molecule has 0 saturated heterocycles. The highest BCUT2D eigenvalue weighted by molar-refractivity contribution is 6.34. The number of benzene rings is 2. The number of nitrogens with one attached hydrogen (secondary N) is 1. The van der Waals surface area contributed by atoms with Crippen molar-refractivity contribution in [3.63, 3.8) is 0 Å². The fraction of sp³-hybridized carbons (Fsp3) is 0.250. The Morgan fingerprint density at radius 2 is 1.76 bits per heavy atom. The Morgan fingerprint density at radius 3 is 2.43 bits per heavy atom. The van der Waals surface area contributed by atoms with E-state index in [4.69, 9.17) is 11.6 Å². The van der Waals surface area contributed by atoms with Crippen molar-refractivity contribution in [2.45, 2.75) is 13.0 Å². The molecule has 1 unspecified atom stereocenters. The van der Waals surface area contributed by atoms with E-state index >= 15 is 0 Å². The molecule has 2 rings (SSSR count). The zero-order valence-corrected chi connectivity index (χ0v) is 12.9. The van der Waals surface area contributed by atoms with Gasteiger partial charge in [-0.2, -0.15) is 0 Å². The first-order valence-electron chi connectivity index (χ1n) is 6.58. The lowest BCUT2D eigenvalue weighted by atomic mass is 10.1. The van der Waals surface area contributed by atoms with E-state index in [0.717, 1.165) is 17.4 Å². The minimum absolute atomic E-state index is 0.277. The van der Waals surface area contributed by atoms with Crippen LogP contribution in [0.3, 0.4) is 0 Å². The van der Waals surface area contributed by atoms with Crippen LogP contribution in [0.25, 0.3) is 0 Å². The Hall–Kier alpha value is -1.81. The van der Waals surface area contributed by atoms with Crippen LogP contribution in [-0.2, 0) is 0 Å². The molecule has 0 aliphatic carbocycles. The summed E-state index contributed by atoms with van der Waals surface area (Å²) in [7, 11) is 3.75. The summed E-state index contributed by atoms with van der Waals surface area (Å²) in [5, 5.41) is 3.78. The van der Waals surface area contributed by atoms with Crippen LogP contribution in [0.1, 0.15) is 18.5 Å². The molecule has 0 saturated carbocycles. The molecular weight excluding hydrogens is 294 g/mol. The van der Waals surface area contributed by atoms with Crippen molar-refractivity contribution in [2.75, 3.05) is 24.3 Å². The topological polar surface area (TPSA) is 15.3 Å². The summed E-state index contributed by atoms with van der Waals surface area (Å²) in [6, 6.07) is 9.23. The molecule has 0 aliphatic heterocycles. The molecule has 2 nitrogen and oxygen atoms in total. The van der Waals surface area contributed by atoms with Crippen LogP contribution in [0.2, 0.25) is 5.02 Å². The summed E-state index contributed by atoms with van der Waals surface area (Å²) >= 11 is 6.19. The predicted molar refractivity (Wildman–Crippen MR) is 84.2 cm³/mol. The number of para-hydroxylation sites is 1. The van der Waals surface area contributed by atoms with E-state index in [-0.39, 0.29) is 5.56 Å². The van der Waals surface area contributed by atoms with Crippen molar-refractivity contribution in [3.05, 3.63) is 58.6 Å². The van der Waals surface area contributed by atoms with Gasteiger partial charge in [-0.15, -0.1) is 0 Å². The number of nitrogens with zero attached hydrogens (tertiary/aromatic N) is 1. The van der Waals surface area contributed by atoms with Gasteiger partial charge in [-0.05, 0) is 25.1 Å². The highest BCUT2D eigenvalue weighted by Gasteiger charge is 2.16. The summed E-state index contributed by atoms with van der Waals surface area (Å²) in [4.78, 5) is 1.87. The van der Waals surface area contributed by atoms with Gasteiger partial charge in [0.2, 0.25) is 0 Å². The second kappa shape index (κ2) is 6.31. The van der Waals surface area contributed by atoms with Gasteiger partial charge in [-0.1, -0.05) is 29.8 Å². The van der Waals surface area contributed by atoms with E-state index in [1.807, 2.05) is 31.1 Å². The highest BCUT2D eigenvalue weighted by Crippen LogP contribution is 2.35. The van der Waals surface area contributed by atoms with Crippen LogP contribution in [0.15, 0.2) is 36.4 Å². The molecule has 0 aromatic heterocycles. The van der Waals surface area contributed by atoms with E-state index in [9.17, 15) is 8.78 Å². The molecule has 0 heterocycles. The normalized spacial score (nSPS) is 12.1. The highest BCUT2D eigenvalue weighted by atomic mass is 35.5. The van der Waals surface area contributed by atoms with E-state index in [1.54, 1.807) is 19.1 Å². The standard InChI is InChI=1S/C16H17ClF2N2/c1-10(11-6-4-8-13(18)15(11)19)20-14-9-5-7-12(17)16(14)21(2)3/h4-10,20H,1-3H3. The molecule has 0 radical (unpaired) electrons. The summed E-state index contributed by atoms with van der Waals surface area (Å²) in [6.07, 6.45) is 0. The van der Waals surface area contributed by atoms with Gasteiger partial charge >= 0.3 is 0 Å². The number of rotatable bonds is 4. The molecule has 112 valence electrons. The third-order valence-electron chi connectivity index (χ3n) is 3.25. The Bertz CT molecular complexity index is 644. The first kappa shape index (κ1) is 15.6. The Labute approximate surface area is 128 Å².